The second kappa shape index (κ2) is 5.40. The number of nitrogens with zero attached hydrogens (tertiary/aromatic N) is 2. The monoisotopic (exact) mass is 244 g/mol. The van der Waals surface area contributed by atoms with Crippen LogP contribution in [0, 0.1) is 5.82 Å². The molecule has 0 atom stereocenters. The topological polar surface area (TPSA) is 33.2 Å². The molecule has 1 aromatic carbocycles. The highest BCUT2D eigenvalue weighted by Crippen LogP contribution is 2.08. The summed E-state index contributed by atoms with van der Waals surface area (Å²) in [5.74, 6) is -0.481. The Hall–Kier alpha value is -2.23. The SMILES string of the molecule is CN(Cc1cccc(F)c1)C(=O)c1ccccn1. The molecule has 2 rings (SSSR count). The largest absolute Gasteiger partial charge is 0.336 e. The molecular formula is C14H13FN2O. The van der Waals surface area contributed by atoms with Gasteiger partial charge in [-0.3, -0.25) is 9.78 Å². The summed E-state index contributed by atoms with van der Waals surface area (Å²) in [4.78, 5) is 17.5. The van der Waals surface area contributed by atoms with Gasteiger partial charge in [-0.15, -0.1) is 0 Å². The van der Waals surface area contributed by atoms with Crippen molar-refractivity contribution in [2.75, 3.05) is 7.05 Å². The third kappa shape index (κ3) is 2.91. The average Bonchev–Trinajstić information content (AvgIpc) is 2.39. The number of pyridine rings is 1. The summed E-state index contributed by atoms with van der Waals surface area (Å²) < 4.78 is 13.0. The van der Waals surface area contributed by atoms with Crippen molar-refractivity contribution in [2.45, 2.75) is 6.54 Å². The van der Waals surface area contributed by atoms with Crippen molar-refractivity contribution in [3.05, 3.63) is 65.7 Å². The van der Waals surface area contributed by atoms with E-state index in [2.05, 4.69) is 4.98 Å². The molecule has 0 N–H and O–H groups in total. The first-order valence-corrected chi connectivity index (χ1v) is 5.58. The van der Waals surface area contributed by atoms with Gasteiger partial charge in [0, 0.05) is 19.8 Å². The van der Waals surface area contributed by atoms with E-state index in [9.17, 15) is 9.18 Å². The number of amides is 1. The molecule has 0 aliphatic heterocycles. The molecule has 0 radical (unpaired) electrons. The van der Waals surface area contributed by atoms with Crippen LogP contribution in [0.25, 0.3) is 0 Å². The predicted octanol–water partition coefficient (Wildman–Crippen LogP) is 2.49. The quantitative estimate of drug-likeness (QED) is 0.831. The molecule has 0 spiro atoms. The fourth-order valence-electron chi connectivity index (χ4n) is 1.67. The third-order valence-electron chi connectivity index (χ3n) is 2.54. The Morgan fingerprint density at radius 3 is 2.78 bits per heavy atom. The number of aromatic nitrogens is 1. The summed E-state index contributed by atoms with van der Waals surface area (Å²) in [6.45, 7) is 0.354. The zero-order chi connectivity index (χ0) is 13.0. The van der Waals surface area contributed by atoms with E-state index in [4.69, 9.17) is 0 Å². The van der Waals surface area contributed by atoms with E-state index in [1.165, 1.54) is 17.0 Å². The summed E-state index contributed by atoms with van der Waals surface area (Å²) in [6, 6.07) is 11.4. The van der Waals surface area contributed by atoms with Crippen molar-refractivity contribution in [1.29, 1.82) is 0 Å². The molecule has 2 aromatic rings. The molecule has 1 aromatic heterocycles. The van der Waals surface area contributed by atoms with Crippen molar-refractivity contribution in [3.63, 3.8) is 0 Å². The van der Waals surface area contributed by atoms with Crippen LogP contribution in [0.1, 0.15) is 16.1 Å². The van der Waals surface area contributed by atoms with Gasteiger partial charge in [0.15, 0.2) is 0 Å². The molecule has 0 unspecified atom stereocenters. The summed E-state index contributed by atoms with van der Waals surface area (Å²) in [6.07, 6.45) is 1.57. The molecule has 1 heterocycles. The fourth-order valence-corrected chi connectivity index (χ4v) is 1.67. The molecule has 3 nitrogen and oxygen atoms in total. The molecule has 0 saturated carbocycles. The van der Waals surface area contributed by atoms with Crippen LogP contribution < -0.4 is 0 Å². The van der Waals surface area contributed by atoms with Gasteiger partial charge >= 0.3 is 0 Å². The number of halogens is 1. The van der Waals surface area contributed by atoms with Gasteiger partial charge < -0.3 is 4.90 Å². The third-order valence-corrected chi connectivity index (χ3v) is 2.54. The minimum Gasteiger partial charge on any atom is -0.336 e. The van der Waals surface area contributed by atoms with E-state index < -0.39 is 0 Å². The Morgan fingerprint density at radius 1 is 1.28 bits per heavy atom. The Bertz CT molecular complexity index is 543. The average molecular weight is 244 g/mol. The maximum atomic E-state index is 13.0. The fraction of sp³-hybridized carbons (Fsp3) is 0.143. The standard InChI is InChI=1S/C14H13FN2O/c1-17(10-11-5-4-6-12(15)9-11)14(18)13-7-2-3-8-16-13/h2-9H,10H2,1H3. The van der Waals surface area contributed by atoms with E-state index >= 15 is 0 Å². The maximum absolute atomic E-state index is 13.0. The van der Waals surface area contributed by atoms with Crippen molar-refractivity contribution in [3.8, 4) is 0 Å². The van der Waals surface area contributed by atoms with E-state index in [-0.39, 0.29) is 11.7 Å². The van der Waals surface area contributed by atoms with Crippen LogP contribution in [0.2, 0.25) is 0 Å². The molecule has 1 amide bonds. The number of hydrogen-bond acceptors (Lipinski definition) is 2. The number of carbonyl (C=O) groups excluding carboxylic acids is 1. The highest BCUT2D eigenvalue weighted by Gasteiger charge is 2.12. The Kier molecular flexibility index (Phi) is 3.67. The molecule has 0 fully saturated rings. The summed E-state index contributed by atoms with van der Waals surface area (Å²) >= 11 is 0. The summed E-state index contributed by atoms with van der Waals surface area (Å²) in [5.41, 5.74) is 1.14. The molecule has 4 heteroatoms. The van der Waals surface area contributed by atoms with Crippen LogP contribution in [-0.2, 0) is 6.54 Å². The normalized spacial score (nSPS) is 10.1. The van der Waals surface area contributed by atoms with Gasteiger partial charge in [0.2, 0.25) is 0 Å². The van der Waals surface area contributed by atoms with E-state index in [0.29, 0.717) is 12.2 Å². The molecule has 0 bridgehead atoms. The van der Waals surface area contributed by atoms with Crippen LogP contribution in [0.15, 0.2) is 48.7 Å². The van der Waals surface area contributed by atoms with Crippen LogP contribution >= 0.6 is 0 Å². The zero-order valence-corrected chi connectivity index (χ0v) is 10.0. The lowest BCUT2D eigenvalue weighted by atomic mass is 10.2. The molecule has 18 heavy (non-hydrogen) atoms. The van der Waals surface area contributed by atoms with Crippen molar-refractivity contribution in [2.24, 2.45) is 0 Å². The van der Waals surface area contributed by atoms with Gasteiger partial charge in [-0.05, 0) is 29.8 Å². The van der Waals surface area contributed by atoms with Crippen molar-refractivity contribution >= 4 is 5.91 Å². The Morgan fingerprint density at radius 2 is 2.11 bits per heavy atom. The lowest BCUT2D eigenvalue weighted by molar-refractivity contribution is 0.0779. The molecule has 0 aliphatic carbocycles. The number of carbonyl (C=O) groups is 1. The van der Waals surface area contributed by atoms with Crippen molar-refractivity contribution < 1.29 is 9.18 Å². The molecule has 0 saturated heterocycles. The summed E-state index contributed by atoms with van der Waals surface area (Å²) in [7, 11) is 1.67. The highest BCUT2D eigenvalue weighted by atomic mass is 19.1. The minimum atomic E-state index is -0.300. The van der Waals surface area contributed by atoms with E-state index in [0.717, 1.165) is 5.56 Å². The zero-order valence-electron chi connectivity index (χ0n) is 10.0. The van der Waals surface area contributed by atoms with Crippen LogP contribution in [0.4, 0.5) is 4.39 Å². The second-order valence-corrected chi connectivity index (χ2v) is 4.01. The van der Waals surface area contributed by atoms with Gasteiger partial charge in [0.25, 0.3) is 5.91 Å². The first-order valence-electron chi connectivity index (χ1n) is 5.58. The second-order valence-electron chi connectivity index (χ2n) is 4.01. The molecule has 0 aliphatic rings. The van der Waals surface area contributed by atoms with E-state index in [1.54, 1.807) is 43.6 Å². The first-order chi connectivity index (χ1) is 8.66. The van der Waals surface area contributed by atoms with Crippen LogP contribution in [0.3, 0.4) is 0 Å². The van der Waals surface area contributed by atoms with Gasteiger partial charge in [-0.2, -0.15) is 0 Å². The first kappa shape index (κ1) is 12.2. The Labute approximate surface area is 105 Å². The molecular weight excluding hydrogens is 231 g/mol. The summed E-state index contributed by atoms with van der Waals surface area (Å²) in [5, 5.41) is 0. The van der Waals surface area contributed by atoms with Gasteiger partial charge in [-0.25, -0.2) is 4.39 Å². The van der Waals surface area contributed by atoms with Crippen LogP contribution in [0.5, 0.6) is 0 Å². The van der Waals surface area contributed by atoms with Crippen LogP contribution in [-0.4, -0.2) is 22.8 Å². The maximum Gasteiger partial charge on any atom is 0.272 e. The van der Waals surface area contributed by atoms with Crippen molar-refractivity contribution in [1.82, 2.24) is 9.88 Å². The predicted molar refractivity (Wildman–Crippen MR) is 66.4 cm³/mol. The van der Waals surface area contributed by atoms with E-state index in [1.807, 2.05) is 0 Å². The van der Waals surface area contributed by atoms with Gasteiger partial charge in [-0.1, -0.05) is 18.2 Å². The lowest BCUT2D eigenvalue weighted by Gasteiger charge is -2.16. The van der Waals surface area contributed by atoms with Gasteiger partial charge in [0.05, 0.1) is 0 Å². The minimum absolute atomic E-state index is 0.181. The number of rotatable bonds is 3. The number of hydrogen-bond donors (Lipinski definition) is 0. The lowest BCUT2D eigenvalue weighted by Crippen LogP contribution is -2.26. The highest BCUT2D eigenvalue weighted by molar-refractivity contribution is 5.91. The number of benzene rings is 1. The molecule has 92 valence electrons. The smallest absolute Gasteiger partial charge is 0.272 e. The Balaban J connectivity index is 2.09. The van der Waals surface area contributed by atoms with Gasteiger partial charge in [0.1, 0.15) is 11.5 Å².